The Labute approximate surface area is 164 Å². The van der Waals surface area contributed by atoms with Crippen LogP contribution in [0.25, 0.3) is 22.4 Å². The van der Waals surface area contributed by atoms with Gasteiger partial charge in [-0.2, -0.15) is 5.10 Å². The zero-order chi connectivity index (χ0) is 19.4. The molecule has 0 saturated carbocycles. The summed E-state index contributed by atoms with van der Waals surface area (Å²) in [5.74, 6) is -0.0127. The van der Waals surface area contributed by atoms with Gasteiger partial charge < -0.3 is 5.32 Å². The second kappa shape index (κ2) is 8.12. The number of benzene rings is 2. The van der Waals surface area contributed by atoms with E-state index in [1.54, 1.807) is 4.68 Å². The monoisotopic (exact) mass is 404 g/mol. The molecule has 0 radical (unpaired) electrons. The van der Waals surface area contributed by atoms with Crippen molar-refractivity contribution in [2.75, 3.05) is 24.7 Å². The van der Waals surface area contributed by atoms with E-state index in [2.05, 4.69) is 15.1 Å². The Balaban J connectivity index is 1.95. The van der Waals surface area contributed by atoms with Crippen molar-refractivity contribution in [3.05, 3.63) is 59.8 Å². The van der Waals surface area contributed by atoms with Gasteiger partial charge in [0.1, 0.15) is 0 Å². The molecule has 2 N–H and O–H groups in total. The van der Waals surface area contributed by atoms with Crippen molar-refractivity contribution in [3.63, 3.8) is 0 Å². The highest BCUT2D eigenvalue weighted by Gasteiger charge is 2.12. The van der Waals surface area contributed by atoms with E-state index in [-0.39, 0.29) is 5.75 Å². The van der Waals surface area contributed by atoms with Gasteiger partial charge in [-0.05, 0) is 48.5 Å². The Morgan fingerprint density at radius 1 is 1.11 bits per heavy atom. The van der Waals surface area contributed by atoms with E-state index in [1.807, 2.05) is 61.8 Å². The van der Waals surface area contributed by atoms with Gasteiger partial charge in [0, 0.05) is 36.1 Å². The summed E-state index contributed by atoms with van der Waals surface area (Å²) in [5, 5.41) is 8.37. The van der Waals surface area contributed by atoms with Crippen LogP contribution in [0.1, 0.15) is 0 Å². The molecule has 0 saturated heterocycles. The molecule has 1 aromatic heterocycles. The highest BCUT2D eigenvalue weighted by molar-refractivity contribution is 7.89. The fourth-order valence-corrected chi connectivity index (χ4v) is 3.50. The third-order valence-corrected chi connectivity index (χ3v) is 5.76. The maximum atomic E-state index is 11.6. The summed E-state index contributed by atoms with van der Waals surface area (Å²) >= 11 is 6.12. The second-order valence-corrected chi connectivity index (χ2v) is 8.58. The molecule has 0 aliphatic rings. The summed E-state index contributed by atoms with van der Waals surface area (Å²) in [6, 6.07) is 15.5. The predicted molar refractivity (Wildman–Crippen MR) is 110 cm³/mol. The molecule has 2 aromatic carbocycles. The van der Waals surface area contributed by atoms with Crippen LogP contribution in [-0.2, 0) is 17.1 Å². The van der Waals surface area contributed by atoms with Crippen LogP contribution >= 0.6 is 11.6 Å². The number of aromatic nitrogens is 2. The van der Waals surface area contributed by atoms with Gasteiger partial charge in [0.25, 0.3) is 0 Å². The number of sulfonamides is 1. The Kier molecular flexibility index (Phi) is 5.84. The number of anilines is 1. The van der Waals surface area contributed by atoms with E-state index >= 15 is 0 Å². The number of hydrogen-bond donors (Lipinski definition) is 2. The highest BCUT2D eigenvalue weighted by atomic mass is 35.5. The molecule has 142 valence electrons. The smallest absolute Gasteiger partial charge is 0.213 e. The fourth-order valence-electron chi connectivity index (χ4n) is 2.74. The lowest BCUT2D eigenvalue weighted by Crippen LogP contribution is -2.26. The molecule has 3 rings (SSSR count). The third-order valence-electron chi connectivity index (χ3n) is 4.16. The number of hydrogen-bond acceptors (Lipinski definition) is 4. The van der Waals surface area contributed by atoms with Crippen LogP contribution in [0.5, 0.6) is 0 Å². The molecule has 6 nitrogen and oxygen atoms in total. The fraction of sp³-hybridized carbons (Fsp3) is 0.211. The van der Waals surface area contributed by atoms with E-state index in [9.17, 15) is 8.42 Å². The van der Waals surface area contributed by atoms with Crippen LogP contribution in [0.4, 0.5) is 5.69 Å². The van der Waals surface area contributed by atoms with E-state index in [1.165, 1.54) is 7.05 Å². The predicted octanol–water partition coefficient (Wildman–Crippen LogP) is 3.37. The van der Waals surface area contributed by atoms with E-state index in [0.717, 1.165) is 28.1 Å². The molecule has 0 unspecified atom stereocenters. The normalized spacial score (nSPS) is 11.5. The lowest BCUT2D eigenvalue weighted by molar-refractivity contribution is 0.588. The average Bonchev–Trinajstić information content (AvgIpc) is 3.08. The van der Waals surface area contributed by atoms with Crippen LogP contribution in [-0.4, -0.2) is 37.5 Å². The topological polar surface area (TPSA) is 76.0 Å². The molecule has 0 aliphatic carbocycles. The van der Waals surface area contributed by atoms with Crippen molar-refractivity contribution < 1.29 is 8.42 Å². The molecule has 0 aliphatic heterocycles. The summed E-state index contributed by atoms with van der Waals surface area (Å²) in [6.45, 7) is 0.291. The minimum absolute atomic E-state index is 0.0127. The van der Waals surface area contributed by atoms with Gasteiger partial charge in [0.2, 0.25) is 10.0 Å². The van der Waals surface area contributed by atoms with Gasteiger partial charge >= 0.3 is 0 Å². The number of halogens is 1. The summed E-state index contributed by atoms with van der Waals surface area (Å²) in [7, 11) is 0.00337. The molecule has 3 aromatic rings. The third kappa shape index (κ3) is 4.88. The van der Waals surface area contributed by atoms with Crippen molar-refractivity contribution >= 4 is 27.3 Å². The number of nitrogens with one attached hydrogen (secondary N) is 2. The van der Waals surface area contributed by atoms with E-state index < -0.39 is 10.0 Å². The van der Waals surface area contributed by atoms with Crippen molar-refractivity contribution in [1.29, 1.82) is 0 Å². The lowest BCUT2D eigenvalue weighted by Gasteiger charge is -2.13. The van der Waals surface area contributed by atoms with E-state index in [4.69, 9.17) is 11.6 Å². The van der Waals surface area contributed by atoms with Crippen LogP contribution in [0.3, 0.4) is 0 Å². The summed E-state index contributed by atoms with van der Waals surface area (Å²) in [4.78, 5) is 0. The maximum absolute atomic E-state index is 11.6. The molecule has 0 atom stereocenters. The van der Waals surface area contributed by atoms with Gasteiger partial charge in [-0.15, -0.1) is 0 Å². The summed E-state index contributed by atoms with van der Waals surface area (Å²) < 4.78 is 27.3. The minimum Gasteiger partial charge on any atom is -0.383 e. The van der Waals surface area contributed by atoms with Gasteiger partial charge in [0.15, 0.2) is 0 Å². The first-order valence-electron chi connectivity index (χ1n) is 8.43. The first-order valence-corrected chi connectivity index (χ1v) is 10.5. The zero-order valence-corrected chi connectivity index (χ0v) is 16.7. The second-order valence-electron chi connectivity index (χ2n) is 6.10. The number of nitrogens with zero attached hydrogens (tertiary/aromatic N) is 2. The van der Waals surface area contributed by atoms with E-state index in [0.29, 0.717) is 11.6 Å². The quantitative estimate of drug-likeness (QED) is 0.633. The molecular formula is C19H21ClN4O2S. The van der Waals surface area contributed by atoms with Crippen molar-refractivity contribution in [3.8, 4) is 22.4 Å². The van der Waals surface area contributed by atoms with Crippen LogP contribution in [0.15, 0.2) is 54.7 Å². The van der Waals surface area contributed by atoms with Crippen LogP contribution in [0.2, 0.25) is 5.02 Å². The van der Waals surface area contributed by atoms with Crippen LogP contribution in [0, 0.1) is 0 Å². The number of aryl methyl sites for hydroxylation is 1. The van der Waals surface area contributed by atoms with Crippen molar-refractivity contribution in [2.45, 2.75) is 0 Å². The summed E-state index contributed by atoms with van der Waals surface area (Å²) in [6.07, 6.45) is 1.87. The lowest BCUT2D eigenvalue weighted by atomic mass is 10.00. The van der Waals surface area contributed by atoms with Gasteiger partial charge in [-0.1, -0.05) is 29.8 Å². The Morgan fingerprint density at radius 2 is 1.89 bits per heavy atom. The van der Waals surface area contributed by atoms with Gasteiger partial charge in [0.05, 0.1) is 11.4 Å². The molecule has 27 heavy (non-hydrogen) atoms. The molecule has 0 bridgehead atoms. The SMILES string of the molecule is CNS(=O)(=O)CCNc1ccc(-c2cccc(Cl)c2)cc1-c1ccn(C)n1. The average molecular weight is 405 g/mol. The maximum Gasteiger partial charge on any atom is 0.213 e. The van der Waals surface area contributed by atoms with Gasteiger partial charge in [-0.25, -0.2) is 13.1 Å². The standard InChI is InChI=1S/C19H21ClN4O2S/c1-21-27(25,26)11-9-22-18-7-6-15(14-4-3-5-16(20)12-14)13-17(18)19-8-10-24(2)23-19/h3-8,10,12-13,21-22H,9,11H2,1-2H3. The minimum atomic E-state index is -3.27. The Hall–Kier alpha value is -2.35. The summed E-state index contributed by atoms with van der Waals surface area (Å²) in [5.41, 5.74) is 4.54. The first-order chi connectivity index (χ1) is 12.9. The molecule has 1 heterocycles. The molecule has 0 amide bonds. The molecule has 8 heteroatoms. The first kappa shape index (κ1) is 19.4. The van der Waals surface area contributed by atoms with Crippen molar-refractivity contribution in [1.82, 2.24) is 14.5 Å². The van der Waals surface area contributed by atoms with Gasteiger partial charge in [-0.3, -0.25) is 4.68 Å². The molecule has 0 fully saturated rings. The molecule has 0 spiro atoms. The Bertz CT molecular complexity index is 1050. The number of rotatable bonds is 7. The molecular weight excluding hydrogens is 384 g/mol. The highest BCUT2D eigenvalue weighted by Crippen LogP contribution is 2.32. The van der Waals surface area contributed by atoms with Crippen LogP contribution < -0.4 is 10.0 Å². The Morgan fingerprint density at radius 3 is 2.56 bits per heavy atom. The largest absolute Gasteiger partial charge is 0.383 e. The van der Waals surface area contributed by atoms with Crippen molar-refractivity contribution in [2.24, 2.45) is 7.05 Å². The zero-order valence-electron chi connectivity index (χ0n) is 15.1.